The molecule has 0 radical (unpaired) electrons. The standard InChI is InChI=1S/C13H17F3O5S/c1-9(13(14,15)16)12(18)20-5-3-2-4-10(17)21-11-8-22-7-6-19-11/h11H,1-8H2. The van der Waals surface area contributed by atoms with Crippen LogP contribution in [0.25, 0.3) is 0 Å². The molecule has 1 fully saturated rings. The van der Waals surface area contributed by atoms with Crippen LogP contribution in [0.1, 0.15) is 19.3 Å². The molecule has 22 heavy (non-hydrogen) atoms. The second-order valence-electron chi connectivity index (χ2n) is 4.43. The minimum atomic E-state index is -4.79. The number of halogens is 3. The van der Waals surface area contributed by atoms with E-state index < -0.39 is 30.0 Å². The Labute approximate surface area is 130 Å². The van der Waals surface area contributed by atoms with Gasteiger partial charge in [-0.1, -0.05) is 6.58 Å². The molecule has 0 bridgehead atoms. The highest BCUT2D eigenvalue weighted by Gasteiger charge is 2.37. The van der Waals surface area contributed by atoms with Gasteiger partial charge in [0.25, 0.3) is 0 Å². The van der Waals surface area contributed by atoms with Gasteiger partial charge in [0, 0.05) is 12.2 Å². The van der Waals surface area contributed by atoms with Gasteiger partial charge in [-0.05, 0) is 12.8 Å². The van der Waals surface area contributed by atoms with Crippen LogP contribution in [0.5, 0.6) is 0 Å². The zero-order valence-electron chi connectivity index (χ0n) is 11.8. The van der Waals surface area contributed by atoms with Crippen molar-refractivity contribution in [3.63, 3.8) is 0 Å². The lowest BCUT2D eigenvalue weighted by Crippen LogP contribution is -2.28. The maximum Gasteiger partial charge on any atom is 0.422 e. The second-order valence-corrected chi connectivity index (χ2v) is 5.58. The predicted molar refractivity (Wildman–Crippen MR) is 73.2 cm³/mol. The van der Waals surface area contributed by atoms with Crippen molar-refractivity contribution in [2.45, 2.75) is 31.7 Å². The number of alkyl halides is 3. The average molecular weight is 342 g/mol. The number of carbonyl (C=O) groups excluding carboxylic acids is 2. The molecule has 1 rings (SSSR count). The first-order valence-corrected chi connectivity index (χ1v) is 7.78. The molecule has 0 aromatic rings. The molecule has 1 atom stereocenters. The molecule has 5 nitrogen and oxygen atoms in total. The van der Waals surface area contributed by atoms with Crippen LogP contribution in [0.3, 0.4) is 0 Å². The zero-order chi connectivity index (χ0) is 16.6. The maximum atomic E-state index is 12.1. The Morgan fingerprint density at radius 1 is 1.32 bits per heavy atom. The molecule has 0 aromatic heterocycles. The highest BCUT2D eigenvalue weighted by molar-refractivity contribution is 7.99. The van der Waals surface area contributed by atoms with Crippen molar-refractivity contribution in [2.75, 3.05) is 24.7 Å². The monoisotopic (exact) mass is 342 g/mol. The summed E-state index contributed by atoms with van der Waals surface area (Å²) in [6.45, 7) is 2.95. The highest BCUT2D eigenvalue weighted by Crippen LogP contribution is 2.24. The fourth-order valence-corrected chi connectivity index (χ4v) is 2.22. The normalized spacial score (nSPS) is 18.6. The number of ether oxygens (including phenoxy) is 3. The Hall–Kier alpha value is -1.22. The lowest BCUT2D eigenvalue weighted by Gasteiger charge is -2.21. The smallest absolute Gasteiger partial charge is 0.422 e. The number of thioether (sulfide) groups is 1. The molecule has 1 saturated heterocycles. The molecule has 0 saturated carbocycles. The van der Waals surface area contributed by atoms with E-state index in [0.717, 1.165) is 5.75 Å². The summed E-state index contributed by atoms with van der Waals surface area (Å²) in [6, 6.07) is 0. The first kappa shape index (κ1) is 18.8. The average Bonchev–Trinajstić information content (AvgIpc) is 2.46. The van der Waals surface area contributed by atoms with Gasteiger partial charge in [0.05, 0.1) is 19.0 Å². The Morgan fingerprint density at radius 3 is 2.64 bits per heavy atom. The topological polar surface area (TPSA) is 61.8 Å². The van der Waals surface area contributed by atoms with Crippen LogP contribution in [-0.4, -0.2) is 49.1 Å². The lowest BCUT2D eigenvalue weighted by atomic mass is 10.2. The van der Waals surface area contributed by atoms with Gasteiger partial charge in [-0.2, -0.15) is 24.9 Å². The lowest BCUT2D eigenvalue weighted by molar-refractivity contribution is -0.173. The quantitative estimate of drug-likeness (QED) is 0.402. The Balaban J connectivity index is 2.08. The molecular formula is C13H17F3O5S. The third-order valence-corrected chi connectivity index (χ3v) is 3.61. The fourth-order valence-electron chi connectivity index (χ4n) is 1.48. The van der Waals surface area contributed by atoms with Crippen molar-refractivity contribution >= 4 is 23.7 Å². The third kappa shape index (κ3) is 7.17. The molecule has 126 valence electrons. The number of esters is 2. The molecule has 1 aliphatic heterocycles. The van der Waals surface area contributed by atoms with Crippen molar-refractivity contribution in [3.05, 3.63) is 12.2 Å². The van der Waals surface area contributed by atoms with Crippen LogP contribution >= 0.6 is 11.8 Å². The summed E-state index contributed by atoms with van der Waals surface area (Å²) in [6.07, 6.45) is -4.66. The van der Waals surface area contributed by atoms with Gasteiger partial charge in [0.1, 0.15) is 5.57 Å². The Morgan fingerprint density at radius 2 is 2.05 bits per heavy atom. The summed E-state index contributed by atoms with van der Waals surface area (Å²) in [5.74, 6) is -0.493. The van der Waals surface area contributed by atoms with Crippen LogP contribution in [0, 0.1) is 0 Å². The van der Waals surface area contributed by atoms with Gasteiger partial charge < -0.3 is 14.2 Å². The first-order valence-electron chi connectivity index (χ1n) is 6.62. The van der Waals surface area contributed by atoms with Crippen LogP contribution in [0.2, 0.25) is 0 Å². The molecule has 0 amide bonds. The summed E-state index contributed by atoms with van der Waals surface area (Å²) in [4.78, 5) is 22.5. The number of carbonyl (C=O) groups is 2. The molecular weight excluding hydrogens is 325 g/mol. The Kier molecular flexibility index (Phi) is 7.74. The van der Waals surface area contributed by atoms with Gasteiger partial charge in [0.2, 0.25) is 6.29 Å². The number of unbranched alkanes of at least 4 members (excludes halogenated alkanes) is 1. The van der Waals surface area contributed by atoms with E-state index in [0.29, 0.717) is 18.8 Å². The van der Waals surface area contributed by atoms with E-state index in [1.54, 1.807) is 11.8 Å². The van der Waals surface area contributed by atoms with E-state index in [4.69, 9.17) is 9.47 Å². The second kappa shape index (κ2) is 9.04. The molecule has 1 heterocycles. The van der Waals surface area contributed by atoms with E-state index >= 15 is 0 Å². The molecule has 1 unspecified atom stereocenters. The van der Waals surface area contributed by atoms with E-state index in [-0.39, 0.29) is 19.4 Å². The van der Waals surface area contributed by atoms with E-state index in [9.17, 15) is 22.8 Å². The summed E-state index contributed by atoms with van der Waals surface area (Å²) in [7, 11) is 0. The van der Waals surface area contributed by atoms with E-state index in [1.807, 2.05) is 0 Å². The number of hydrogen-bond acceptors (Lipinski definition) is 6. The van der Waals surface area contributed by atoms with Crippen molar-refractivity contribution in [1.29, 1.82) is 0 Å². The maximum absolute atomic E-state index is 12.1. The summed E-state index contributed by atoms with van der Waals surface area (Å²) < 4.78 is 51.1. The highest BCUT2D eigenvalue weighted by atomic mass is 32.2. The zero-order valence-corrected chi connectivity index (χ0v) is 12.6. The molecule has 9 heteroatoms. The van der Waals surface area contributed by atoms with Gasteiger partial charge in [-0.25, -0.2) is 4.79 Å². The van der Waals surface area contributed by atoms with Crippen molar-refractivity contribution in [1.82, 2.24) is 0 Å². The SMILES string of the molecule is C=C(C(=O)OCCCCC(=O)OC1CSCCO1)C(F)(F)F. The molecule has 0 N–H and O–H groups in total. The van der Waals surface area contributed by atoms with Crippen LogP contribution in [0.4, 0.5) is 13.2 Å². The number of hydrogen-bond donors (Lipinski definition) is 0. The molecule has 1 aliphatic rings. The minimum absolute atomic E-state index is 0.0856. The molecule has 0 aromatic carbocycles. The van der Waals surface area contributed by atoms with Crippen molar-refractivity contribution in [2.24, 2.45) is 0 Å². The number of rotatable bonds is 7. The fraction of sp³-hybridized carbons (Fsp3) is 0.692. The largest absolute Gasteiger partial charge is 0.462 e. The van der Waals surface area contributed by atoms with Crippen LogP contribution in [-0.2, 0) is 23.8 Å². The Bertz CT molecular complexity index is 405. The van der Waals surface area contributed by atoms with E-state index in [1.165, 1.54) is 0 Å². The van der Waals surface area contributed by atoms with Gasteiger partial charge in [-0.15, -0.1) is 0 Å². The van der Waals surface area contributed by atoms with Crippen molar-refractivity contribution < 1.29 is 37.0 Å². The summed E-state index contributed by atoms with van der Waals surface area (Å²) in [5.41, 5.74) is -1.54. The van der Waals surface area contributed by atoms with Gasteiger partial charge in [-0.3, -0.25) is 4.79 Å². The summed E-state index contributed by atoms with van der Waals surface area (Å²) in [5, 5.41) is 0. The predicted octanol–water partition coefficient (Wildman–Crippen LogP) is 2.45. The molecule has 0 aliphatic carbocycles. The molecule has 0 spiro atoms. The first-order chi connectivity index (χ1) is 10.3. The van der Waals surface area contributed by atoms with E-state index in [2.05, 4.69) is 11.3 Å². The summed E-state index contributed by atoms with van der Waals surface area (Å²) >= 11 is 1.62. The van der Waals surface area contributed by atoms with Crippen LogP contribution in [0.15, 0.2) is 12.2 Å². The van der Waals surface area contributed by atoms with Gasteiger partial charge >= 0.3 is 18.1 Å². The van der Waals surface area contributed by atoms with Crippen LogP contribution < -0.4 is 0 Å². The minimum Gasteiger partial charge on any atom is -0.462 e. The van der Waals surface area contributed by atoms with Crippen molar-refractivity contribution in [3.8, 4) is 0 Å². The van der Waals surface area contributed by atoms with Gasteiger partial charge in [0.15, 0.2) is 0 Å². The third-order valence-electron chi connectivity index (χ3n) is 2.65.